The van der Waals surface area contributed by atoms with Crippen LogP contribution in [0, 0.1) is 6.92 Å². The number of rotatable bonds is 4. The molecule has 7 heteroatoms. The number of nitrogens with zero attached hydrogens (tertiary/aromatic N) is 1. The molecule has 0 unspecified atom stereocenters. The second kappa shape index (κ2) is 5.23. The maximum absolute atomic E-state index is 12.2. The molecule has 1 amide bonds. The minimum atomic E-state index is -0.397. The highest BCUT2D eigenvalue weighted by atomic mass is 16.5. The van der Waals surface area contributed by atoms with Gasteiger partial charge in [0.25, 0.3) is 11.5 Å². The van der Waals surface area contributed by atoms with Crippen molar-refractivity contribution in [2.24, 2.45) is 0 Å². The molecule has 0 aliphatic heterocycles. The van der Waals surface area contributed by atoms with Gasteiger partial charge in [0.05, 0.1) is 18.5 Å². The number of furan rings is 1. The van der Waals surface area contributed by atoms with Gasteiger partial charge < -0.3 is 19.5 Å². The van der Waals surface area contributed by atoms with E-state index in [9.17, 15) is 9.59 Å². The normalized spacial score (nSPS) is 12.6. The van der Waals surface area contributed by atoms with Crippen LogP contribution in [-0.4, -0.2) is 35.6 Å². The van der Waals surface area contributed by atoms with Crippen LogP contribution in [-0.2, 0) is 4.74 Å². The lowest BCUT2D eigenvalue weighted by molar-refractivity contribution is 0.0905. The Kier molecular flexibility index (Phi) is 3.66. The van der Waals surface area contributed by atoms with Crippen LogP contribution in [0.5, 0.6) is 0 Å². The monoisotopic (exact) mass is 265 g/mol. The van der Waals surface area contributed by atoms with Crippen LogP contribution < -0.4 is 10.9 Å². The lowest BCUT2D eigenvalue weighted by Gasteiger charge is -2.12. The highest BCUT2D eigenvalue weighted by Crippen LogP contribution is 2.20. The second-order valence-electron chi connectivity index (χ2n) is 4.27. The second-order valence-corrected chi connectivity index (χ2v) is 4.27. The Morgan fingerprint density at radius 1 is 1.63 bits per heavy atom. The fraction of sp³-hybridized carbons (Fsp3) is 0.417. The summed E-state index contributed by atoms with van der Waals surface area (Å²) in [5.41, 5.74) is -0.0236. The smallest absolute Gasteiger partial charge is 0.262 e. The van der Waals surface area contributed by atoms with Gasteiger partial charge in [0.1, 0.15) is 11.1 Å². The number of carbonyl (C=O) groups excluding carboxylic acids is 1. The number of H-pyrrole nitrogens is 1. The third-order valence-electron chi connectivity index (χ3n) is 2.69. The summed E-state index contributed by atoms with van der Waals surface area (Å²) in [6.45, 7) is 3.81. The molecule has 0 aliphatic rings. The van der Waals surface area contributed by atoms with E-state index < -0.39 is 5.56 Å². The molecule has 2 N–H and O–H groups in total. The number of hydrogen-bond acceptors (Lipinski definition) is 5. The van der Waals surface area contributed by atoms with Gasteiger partial charge in [-0.3, -0.25) is 9.59 Å². The number of ether oxygens (including phenoxy) is 1. The lowest BCUT2D eigenvalue weighted by atomic mass is 10.1. The van der Waals surface area contributed by atoms with E-state index in [4.69, 9.17) is 9.15 Å². The van der Waals surface area contributed by atoms with Gasteiger partial charge >= 0.3 is 0 Å². The molecule has 0 saturated carbocycles. The Hall–Kier alpha value is -2.15. The summed E-state index contributed by atoms with van der Waals surface area (Å²) in [4.78, 5) is 30.3. The summed E-state index contributed by atoms with van der Waals surface area (Å²) in [7, 11) is 1.55. The molecule has 19 heavy (non-hydrogen) atoms. The van der Waals surface area contributed by atoms with Crippen molar-refractivity contribution < 1.29 is 13.9 Å². The third kappa shape index (κ3) is 2.50. The molecule has 7 nitrogen and oxygen atoms in total. The topological polar surface area (TPSA) is 97.2 Å². The summed E-state index contributed by atoms with van der Waals surface area (Å²) in [5.74, 6) is -0.0133. The first-order valence-corrected chi connectivity index (χ1v) is 5.81. The molecule has 102 valence electrons. The zero-order valence-corrected chi connectivity index (χ0v) is 10.9. The quantitative estimate of drug-likeness (QED) is 0.843. The van der Waals surface area contributed by atoms with Crippen molar-refractivity contribution in [3.8, 4) is 0 Å². The van der Waals surface area contributed by atoms with E-state index in [1.807, 2.05) is 6.92 Å². The van der Waals surface area contributed by atoms with Crippen LogP contribution in [0.15, 0.2) is 15.5 Å². The standard InChI is InChI=1S/C12H15N3O4/c1-6(4-18-3)15-11(17)8-7(2)19-12-9(8)10(16)13-5-14-12/h5-6H,4H2,1-3H3,(H,15,17)(H,13,14,16)/t6-/m0/s1. The maximum atomic E-state index is 12.2. The Morgan fingerprint density at radius 2 is 2.37 bits per heavy atom. The summed E-state index contributed by atoms with van der Waals surface area (Å²) >= 11 is 0. The molecule has 2 aromatic heterocycles. The van der Waals surface area contributed by atoms with Gasteiger partial charge in [-0.1, -0.05) is 0 Å². The lowest BCUT2D eigenvalue weighted by Crippen LogP contribution is -2.36. The first kappa shape index (κ1) is 13.3. The van der Waals surface area contributed by atoms with E-state index in [0.29, 0.717) is 12.4 Å². The molecule has 0 aromatic carbocycles. The van der Waals surface area contributed by atoms with Crippen molar-refractivity contribution in [3.05, 3.63) is 28.0 Å². The number of nitrogens with one attached hydrogen (secondary N) is 2. The van der Waals surface area contributed by atoms with Crippen LogP contribution in [0.2, 0.25) is 0 Å². The number of aryl methyl sites for hydroxylation is 1. The van der Waals surface area contributed by atoms with Crippen LogP contribution in [0.25, 0.3) is 11.1 Å². The van der Waals surface area contributed by atoms with Crippen molar-refractivity contribution in [3.63, 3.8) is 0 Å². The Morgan fingerprint density at radius 3 is 3.05 bits per heavy atom. The Labute approximate surface area is 109 Å². The zero-order valence-electron chi connectivity index (χ0n) is 10.9. The molecule has 2 aromatic rings. The van der Waals surface area contributed by atoms with Crippen LogP contribution in [0.3, 0.4) is 0 Å². The third-order valence-corrected chi connectivity index (χ3v) is 2.69. The van der Waals surface area contributed by atoms with Crippen LogP contribution >= 0.6 is 0 Å². The van der Waals surface area contributed by atoms with Gasteiger partial charge in [-0.25, -0.2) is 4.98 Å². The Balaban J connectivity index is 2.42. The SMILES string of the molecule is COC[C@H](C)NC(=O)c1c(C)oc2nc[nH]c(=O)c12. The maximum Gasteiger partial charge on any atom is 0.262 e. The first-order chi connectivity index (χ1) is 9.04. The van der Waals surface area contributed by atoms with E-state index in [0.717, 1.165) is 0 Å². The van der Waals surface area contributed by atoms with E-state index in [2.05, 4.69) is 15.3 Å². The molecular formula is C12H15N3O4. The summed E-state index contributed by atoms with van der Waals surface area (Å²) < 4.78 is 10.3. The number of amides is 1. The van der Waals surface area contributed by atoms with Gasteiger partial charge in [0.2, 0.25) is 5.71 Å². The fourth-order valence-electron chi connectivity index (χ4n) is 1.91. The molecule has 0 bridgehead atoms. The summed E-state index contributed by atoms with van der Waals surface area (Å²) in [5, 5.41) is 2.91. The number of methoxy groups -OCH3 is 1. The predicted octanol–water partition coefficient (Wildman–Crippen LogP) is 0.589. The van der Waals surface area contributed by atoms with E-state index in [1.54, 1.807) is 14.0 Å². The molecule has 2 rings (SSSR count). The fourth-order valence-corrected chi connectivity index (χ4v) is 1.91. The van der Waals surface area contributed by atoms with E-state index in [-0.39, 0.29) is 28.6 Å². The van der Waals surface area contributed by atoms with Gasteiger partial charge in [-0.2, -0.15) is 0 Å². The molecule has 0 fully saturated rings. The first-order valence-electron chi connectivity index (χ1n) is 5.81. The average Bonchev–Trinajstić information content (AvgIpc) is 2.67. The van der Waals surface area contributed by atoms with Crippen molar-refractivity contribution in [2.75, 3.05) is 13.7 Å². The average molecular weight is 265 g/mol. The largest absolute Gasteiger partial charge is 0.442 e. The van der Waals surface area contributed by atoms with Crippen molar-refractivity contribution >= 4 is 17.0 Å². The van der Waals surface area contributed by atoms with Crippen molar-refractivity contribution in [1.29, 1.82) is 0 Å². The van der Waals surface area contributed by atoms with Crippen molar-refractivity contribution in [2.45, 2.75) is 19.9 Å². The highest BCUT2D eigenvalue weighted by molar-refractivity contribution is 6.06. The minimum Gasteiger partial charge on any atom is -0.442 e. The number of hydrogen-bond donors (Lipinski definition) is 2. The predicted molar refractivity (Wildman–Crippen MR) is 68.2 cm³/mol. The van der Waals surface area contributed by atoms with E-state index >= 15 is 0 Å². The van der Waals surface area contributed by atoms with Gasteiger partial charge in [-0.15, -0.1) is 0 Å². The Bertz CT molecular complexity index is 659. The molecule has 0 saturated heterocycles. The van der Waals surface area contributed by atoms with E-state index in [1.165, 1.54) is 6.33 Å². The number of aromatic amines is 1. The molecule has 1 atom stereocenters. The zero-order chi connectivity index (χ0) is 14.0. The minimum absolute atomic E-state index is 0.158. The molecular weight excluding hydrogens is 250 g/mol. The summed E-state index contributed by atoms with van der Waals surface area (Å²) in [6, 6.07) is -0.169. The summed E-state index contributed by atoms with van der Waals surface area (Å²) in [6.07, 6.45) is 1.24. The number of fused-ring (bicyclic) bond motifs is 1. The van der Waals surface area contributed by atoms with Gasteiger partial charge in [0.15, 0.2) is 0 Å². The van der Waals surface area contributed by atoms with Gasteiger partial charge in [0, 0.05) is 13.2 Å². The molecule has 2 heterocycles. The number of aromatic nitrogens is 2. The van der Waals surface area contributed by atoms with Crippen LogP contribution in [0.4, 0.5) is 0 Å². The molecule has 0 spiro atoms. The van der Waals surface area contributed by atoms with Crippen LogP contribution in [0.1, 0.15) is 23.0 Å². The van der Waals surface area contributed by atoms with Crippen molar-refractivity contribution in [1.82, 2.24) is 15.3 Å². The molecule has 0 radical (unpaired) electrons. The number of carbonyl (C=O) groups is 1. The van der Waals surface area contributed by atoms with Gasteiger partial charge in [-0.05, 0) is 13.8 Å². The highest BCUT2D eigenvalue weighted by Gasteiger charge is 2.22. The molecule has 0 aliphatic carbocycles.